The average molecular weight is 295 g/mol. The van der Waals surface area contributed by atoms with E-state index >= 15 is 4.39 Å². The van der Waals surface area contributed by atoms with E-state index in [1.807, 2.05) is 0 Å². The van der Waals surface area contributed by atoms with Gasteiger partial charge in [0.2, 0.25) is 14.8 Å². The molecule has 0 N–H and O–H groups in total. The first-order valence-corrected chi connectivity index (χ1v) is 7.79. The number of sulfone groups is 1. The molecule has 2 bridgehead atoms. The number of nitrogens with zero attached hydrogens (tertiary/aromatic N) is 1. The van der Waals surface area contributed by atoms with Crippen LogP contribution in [-0.4, -0.2) is 43.2 Å². The Morgan fingerprint density at radius 2 is 1.95 bits per heavy atom. The van der Waals surface area contributed by atoms with Gasteiger partial charge in [0, 0.05) is 6.42 Å². The topological polar surface area (TPSA) is 54.5 Å². The highest BCUT2D eigenvalue weighted by molar-refractivity contribution is 7.92. The molecule has 3 rings (SSSR count). The second-order valence-corrected chi connectivity index (χ2v) is 7.35. The van der Waals surface area contributed by atoms with Crippen LogP contribution in [0.4, 0.5) is 4.39 Å². The van der Waals surface area contributed by atoms with Crippen molar-refractivity contribution in [3.8, 4) is 0 Å². The summed E-state index contributed by atoms with van der Waals surface area (Å²) in [6.07, 6.45) is 2.32. The summed E-state index contributed by atoms with van der Waals surface area (Å²) in [5.41, 5.74) is 0. The van der Waals surface area contributed by atoms with Crippen LogP contribution in [0.3, 0.4) is 0 Å². The Labute approximate surface area is 116 Å². The minimum atomic E-state index is -4.16. The molecule has 1 aromatic rings. The highest BCUT2D eigenvalue weighted by Crippen LogP contribution is 2.45. The van der Waals surface area contributed by atoms with Crippen molar-refractivity contribution < 1.29 is 17.6 Å². The largest absolute Gasteiger partial charge is 0.293 e. The lowest BCUT2D eigenvalue weighted by Crippen LogP contribution is -2.46. The maximum Gasteiger partial charge on any atom is 0.235 e. The highest BCUT2D eigenvalue weighted by atomic mass is 32.2. The van der Waals surface area contributed by atoms with E-state index in [-0.39, 0.29) is 17.1 Å². The fraction of sp³-hybridized carbons (Fsp3) is 0.357. The second kappa shape index (κ2) is 4.23. The van der Waals surface area contributed by atoms with Crippen LogP contribution in [-0.2, 0) is 14.6 Å². The maximum absolute atomic E-state index is 15.3. The summed E-state index contributed by atoms with van der Waals surface area (Å²) in [7, 11) is -2.58. The quantitative estimate of drug-likeness (QED) is 0.826. The molecule has 20 heavy (non-hydrogen) atoms. The molecule has 0 saturated carbocycles. The molecule has 2 heterocycles. The molecule has 0 unspecified atom stereocenters. The van der Waals surface area contributed by atoms with Crippen LogP contribution in [0.25, 0.3) is 0 Å². The Hall–Kier alpha value is -1.53. The predicted molar refractivity (Wildman–Crippen MR) is 71.6 cm³/mol. The van der Waals surface area contributed by atoms with Crippen LogP contribution < -0.4 is 0 Å². The van der Waals surface area contributed by atoms with Gasteiger partial charge in [-0.15, -0.1) is 0 Å². The van der Waals surface area contributed by atoms with E-state index in [4.69, 9.17) is 0 Å². The Bertz CT molecular complexity index is 686. The first kappa shape index (κ1) is 13.5. The van der Waals surface area contributed by atoms with Gasteiger partial charge >= 0.3 is 0 Å². The number of likely N-dealkylation sites (N-methyl/N-ethyl adjacent to an activating group) is 1. The number of hydrogen-bond donors (Lipinski definition) is 0. The number of fused-ring (bicyclic) bond motifs is 2. The number of hydrogen-bond acceptors (Lipinski definition) is 4. The summed E-state index contributed by atoms with van der Waals surface area (Å²) in [5, 5.41) is -2.46. The summed E-state index contributed by atoms with van der Waals surface area (Å²) in [4.78, 5) is 13.2. The van der Waals surface area contributed by atoms with Crippen LogP contribution in [0.15, 0.2) is 47.4 Å². The number of halogens is 1. The SMILES string of the molecule is CN1[C@@H]2C[C@](F)(S(=O)(=O)c3ccccc3)[C@H]1C=CC2=O. The lowest BCUT2D eigenvalue weighted by atomic mass is 10.1. The number of rotatable bonds is 2. The lowest BCUT2D eigenvalue weighted by molar-refractivity contribution is -0.119. The van der Waals surface area contributed by atoms with Crippen molar-refractivity contribution in [2.75, 3.05) is 7.05 Å². The van der Waals surface area contributed by atoms with Gasteiger partial charge in [-0.3, -0.25) is 9.69 Å². The van der Waals surface area contributed by atoms with Crippen LogP contribution in [0.2, 0.25) is 0 Å². The second-order valence-electron chi connectivity index (χ2n) is 5.19. The molecule has 0 aromatic heterocycles. The summed E-state index contributed by atoms with van der Waals surface area (Å²) in [5.74, 6) is -0.244. The van der Waals surface area contributed by atoms with Crippen LogP contribution in [0.1, 0.15) is 6.42 Å². The third-order valence-corrected chi connectivity index (χ3v) is 6.31. The van der Waals surface area contributed by atoms with Crippen molar-refractivity contribution in [3.63, 3.8) is 0 Å². The zero-order valence-corrected chi connectivity index (χ0v) is 11.7. The molecular weight excluding hydrogens is 281 g/mol. The smallest absolute Gasteiger partial charge is 0.235 e. The fourth-order valence-electron chi connectivity index (χ4n) is 2.97. The molecule has 0 aliphatic carbocycles. The number of ketones is 1. The van der Waals surface area contributed by atoms with Crippen molar-refractivity contribution in [1.29, 1.82) is 0 Å². The Morgan fingerprint density at radius 3 is 2.55 bits per heavy atom. The fourth-order valence-corrected chi connectivity index (χ4v) is 4.82. The first-order valence-electron chi connectivity index (χ1n) is 6.30. The van der Waals surface area contributed by atoms with Crippen molar-refractivity contribution in [3.05, 3.63) is 42.5 Å². The minimum absolute atomic E-state index is 0.0516. The van der Waals surface area contributed by atoms with Crippen LogP contribution >= 0.6 is 0 Å². The Balaban J connectivity index is 2.11. The first-order chi connectivity index (χ1) is 9.38. The zero-order chi connectivity index (χ0) is 14.5. The molecule has 1 saturated heterocycles. The van der Waals surface area contributed by atoms with Crippen LogP contribution in [0, 0.1) is 0 Å². The van der Waals surface area contributed by atoms with E-state index in [0.29, 0.717) is 0 Å². The van der Waals surface area contributed by atoms with E-state index in [0.717, 1.165) is 0 Å². The molecule has 0 amide bonds. The molecule has 4 nitrogen and oxygen atoms in total. The van der Waals surface area contributed by atoms with Gasteiger partial charge in [0.1, 0.15) is 0 Å². The number of carbonyl (C=O) groups excluding carboxylic acids is 1. The molecule has 2 aliphatic heterocycles. The molecule has 0 radical (unpaired) electrons. The van der Waals surface area contributed by atoms with Gasteiger partial charge in [0.25, 0.3) is 0 Å². The molecule has 106 valence electrons. The maximum atomic E-state index is 15.3. The van der Waals surface area contributed by atoms with E-state index in [1.54, 1.807) is 25.2 Å². The van der Waals surface area contributed by atoms with Gasteiger partial charge in [-0.05, 0) is 25.3 Å². The van der Waals surface area contributed by atoms with E-state index in [1.165, 1.54) is 29.2 Å². The molecule has 1 aromatic carbocycles. The van der Waals surface area contributed by atoms with E-state index < -0.39 is 26.9 Å². The van der Waals surface area contributed by atoms with Crippen molar-refractivity contribution in [1.82, 2.24) is 4.90 Å². The van der Waals surface area contributed by atoms with Crippen molar-refractivity contribution in [2.45, 2.75) is 28.4 Å². The predicted octanol–water partition coefficient (Wildman–Crippen LogP) is 1.34. The Morgan fingerprint density at radius 1 is 1.30 bits per heavy atom. The standard InChI is InChI=1S/C14H14FNO3S/c1-16-11-9-14(15,13(16)8-7-12(11)17)20(18,19)10-5-3-2-4-6-10/h2-8,11,13H,9H2,1H3/t11-,13-,14+/m1/s1. The number of carbonyl (C=O) groups is 1. The molecule has 1 fully saturated rings. The van der Waals surface area contributed by atoms with Gasteiger partial charge in [-0.25, -0.2) is 12.8 Å². The summed E-state index contributed by atoms with van der Waals surface area (Å²) < 4.78 is 40.5. The molecule has 6 heteroatoms. The molecular formula is C14H14FNO3S. The van der Waals surface area contributed by atoms with Gasteiger partial charge in [0.05, 0.1) is 17.0 Å². The van der Waals surface area contributed by atoms with Crippen molar-refractivity contribution in [2.24, 2.45) is 0 Å². The summed E-state index contributed by atoms with van der Waals surface area (Å²) >= 11 is 0. The molecule has 2 aliphatic rings. The average Bonchev–Trinajstić information content (AvgIpc) is 2.60. The van der Waals surface area contributed by atoms with Gasteiger partial charge in [0.15, 0.2) is 5.78 Å². The van der Waals surface area contributed by atoms with Crippen molar-refractivity contribution >= 4 is 15.6 Å². The van der Waals surface area contributed by atoms with E-state index in [9.17, 15) is 13.2 Å². The van der Waals surface area contributed by atoms with Gasteiger partial charge in [-0.1, -0.05) is 24.3 Å². The lowest BCUT2D eigenvalue weighted by Gasteiger charge is -2.29. The van der Waals surface area contributed by atoms with Gasteiger partial charge in [-0.2, -0.15) is 0 Å². The minimum Gasteiger partial charge on any atom is -0.293 e. The highest BCUT2D eigenvalue weighted by Gasteiger charge is 2.61. The third kappa shape index (κ3) is 1.61. The molecule has 0 spiro atoms. The normalized spacial score (nSPS) is 33.6. The summed E-state index contributed by atoms with van der Waals surface area (Å²) in [6.45, 7) is 0. The van der Waals surface area contributed by atoms with Gasteiger partial charge < -0.3 is 0 Å². The zero-order valence-electron chi connectivity index (χ0n) is 10.9. The Kier molecular flexibility index (Phi) is 2.85. The monoisotopic (exact) mass is 295 g/mol. The number of alkyl halides is 1. The van der Waals surface area contributed by atoms with Crippen LogP contribution in [0.5, 0.6) is 0 Å². The molecule has 3 atom stereocenters. The number of benzene rings is 1. The third-order valence-electron chi connectivity index (χ3n) is 4.12. The summed E-state index contributed by atoms with van der Waals surface area (Å²) in [6, 6.07) is 5.93. The van der Waals surface area contributed by atoms with E-state index in [2.05, 4.69) is 0 Å².